The number of carboxylic acid groups (broad SMARTS) is 1. The van der Waals surface area contributed by atoms with Crippen LogP contribution in [-0.2, 0) is 11.3 Å². The van der Waals surface area contributed by atoms with E-state index in [1.807, 2.05) is 6.92 Å². The summed E-state index contributed by atoms with van der Waals surface area (Å²) < 4.78 is 1.68. The van der Waals surface area contributed by atoms with Crippen LogP contribution in [0.15, 0.2) is 12.4 Å². The highest BCUT2D eigenvalue weighted by atomic mass is 16.4. The Morgan fingerprint density at radius 1 is 1.56 bits per heavy atom. The molecule has 1 amide bonds. The fraction of sp³-hybridized carbons (Fsp3) is 0.583. The number of carboxylic acids is 1. The van der Waals surface area contributed by atoms with E-state index in [1.165, 1.54) is 6.20 Å². The third-order valence-corrected chi connectivity index (χ3v) is 3.48. The standard InChI is InChI=1S/C12H17N3O3/c1-3-15-7-9(6-13-15)10(16)14-5-4-12(2,8-14)11(17)18/h6-7H,3-5,8H2,1-2H3,(H,17,18)/t12-/m1/s1. The minimum absolute atomic E-state index is 0.139. The van der Waals surface area contributed by atoms with Crippen molar-refractivity contribution in [2.75, 3.05) is 13.1 Å². The average molecular weight is 251 g/mol. The Kier molecular flexibility index (Phi) is 3.11. The van der Waals surface area contributed by atoms with Gasteiger partial charge in [-0.1, -0.05) is 0 Å². The third kappa shape index (κ3) is 2.10. The lowest BCUT2D eigenvalue weighted by molar-refractivity contribution is -0.147. The van der Waals surface area contributed by atoms with Gasteiger partial charge in [0.05, 0.1) is 17.2 Å². The van der Waals surface area contributed by atoms with E-state index in [-0.39, 0.29) is 12.5 Å². The van der Waals surface area contributed by atoms with Crippen molar-refractivity contribution in [3.8, 4) is 0 Å². The summed E-state index contributed by atoms with van der Waals surface area (Å²) >= 11 is 0. The second kappa shape index (κ2) is 4.44. The topological polar surface area (TPSA) is 75.4 Å². The molecular weight excluding hydrogens is 234 g/mol. The van der Waals surface area contributed by atoms with Gasteiger partial charge < -0.3 is 10.0 Å². The number of amides is 1. The van der Waals surface area contributed by atoms with E-state index in [0.717, 1.165) is 0 Å². The van der Waals surface area contributed by atoms with E-state index < -0.39 is 11.4 Å². The Morgan fingerprint density at radius 2 is 2.28 bits per heavy atom. The van der Waals surface area contributed by atoms with Gasteiger partial charge in [-0.3, -0.25) is 14.3 Å². The van der Waals surface area contributed by atoms with Gasteiger partial charge in [0, 0.05) is 25.8 Å². The smallest absolute Gasteiger partial charge is 0.311 e. The van der Waals surface area contributed by atoms with E-state index in [1.54, 1.807) is 22.7 Å². The van der Waals surface area contributed by atoms with Crippen molar-refractivity contribution < 1.29 is 14.7 Å². The molecule has 6 nitrogen and oxygen atoms in total. The molecule has 0 saturated carbocycles. The van der Waals surface area contributed by atoms with Gasteiger partial charge in [-0.2, -0.15) is 5.10 Å². The molecule has 0 radical (unpaired) electrons. The summed E-state index contributed by atoms with van der Waals surface area (Å²) in [5.41, 5.74) is -0.303. The van der Waals surface area contributed by atoms with Gasteiger partial charge in [0.2, 0.25) is 0 Å². The molecule has 2 rings (SSSR count). The number of aliphatic carboxylic acids is 1. The SMILES string of the molecule is CCn1cc(C(=O)N2CC[C@@](C)(C(=O)O)C2)cn1. The van der Waals surface area contributed by atoms with Gasteiger partial charge in [0.1, 0.15) is 0 Å². The minimum Gasteiger partial charge on any atom is -0.481 e. The molecular formula is C12H17N3O3. The summed E-state index contributed by atoms with van der Waals surface area (Å²) in [5, 5.41) is 13.2. The van der Waals surface area contributed by atoms with E-state index >= 15 is 0 Å². The second-order valence-corrected chi connectivity index (χ2v) is 4.93. The predicted octanol–water partition coefficient (Wildman–Crippen LogP) is 0.840. The van der Waals surface area contributed by atoms with E-state index in [2.05, 4.69) is 5.10 Å². The van der Waals surface area contributed by atoms with E-state index in [0.29, 0.717) is 25.1 Å². The van der Waals surface area contributed by atoms with Crippen LogP contribution < -0.4 is 0 Å². The van der Waals surface area contributed by atoms with E-state index in [4.69, 9.17) is 5.11 Å². The van der Waals surface area contributed by atoms with Crippen molar-refractivity contribution in [3.63, 3.8) is 0 Å². The van der Waals surface area contributed by atoms with Gasteiger partial charge in [-0.25, -0.2) is 0 Å². The van der Waals surface area contributed by atoms with Gasteiger partial charge in [-0.15, -0.1) is 0 Å². The molecule has 1 N–H and O–H groups in total. The molecule has 1 atom stereocenters. The second-order valence-electron chi connectivity index (χ2n) is 4.93. The van der Waals surface area contributed by atoms with Crippen LogP contribution >= 0.6 is 0 Å². The van der Waals surface area contributed by atoms with Crippen LogP contribution in [0.25, 0.3) is 0 Å². The Labute approximate surface area is 105 Å². The number of likely N-dealkylation sites (tertiary alicyclic amines) is 1. The quantitative estimate of drug-likeness (QED) is 0.863. The van der Waals surface area contributed by atoms with Crippen molar-refractivity contribution in [1.82, 2.24) is 14.7 Å². The predicted molar refractivity (Wildman–Crippen MR) is 64.2 cm³/mol. The molecule has 98 valence electrons. The van der Waals surface area contributed by atoms with Crippen molar-refractivity contribution in [2.24, 2.45) is 5.41 Å². The molecule has 0 aromatic carbocycles. The monoisotopic (exact) mass is 251 g/mol. The zero-order valence-corrected chi connectivity index (χ0v) is 10.6. The first-order valence-corrected chi connectivity index (χ1v) is 6.01. The van der Waals surface area contributed by atoms with Crippen molar-refractivity contribution in [1.29, 1.82) is 0 Å². The molecule has 1 aromatic rings. The highest BCUT2D eigenvalue weighted by Crippen LogP contribution is 2.30. The Balaban J connectivity index is 2.10. The van der Waals surface area contributed by atoms with Gasteiger partial charge >= 0.3 is 5.97 Å². The molecule has 1 aliphatic rings. The van der Waals surface area contributed by atoms with Crippen molar-refractivity contribution in [2.45, 2.75) is 26.8 Å². The highest BCUT2D eigenvalue weighted by Gasteiger charge is 2.42. The summed E-state index contributed by atoms with van der Waals surface area (Å²) in [6.45, 7) is 5.08. The van der Waals surface area contributed by atoms with Crippen molar-refractivity contribution in [3.05, 3.63) is 18.0 Å². The minimum atomic E-state index is -0.845. The maximum Gasteiger partial charge on any atom is 0.311 e. The third-order valence-electron chi connectivity index (χ3n) is 3.48. The Morgan fingerprint density at radius 3 is 2.78 bits per heavy atom. The molecule has 0 unspecified atom stereocenters. The Hall–Kier alpha value is -1.85. The first-order valence-electron chi connectivity index (χ1n) is 6.01. The van der Waals surface area contributed by atoms with Gasteiger partial charge in [0.25, 0.3) is 5.91 Å². The first kappa shape index (κ1) is 12.6. The first-order chi connectivity index (χ1) is 8.46. The summed E-state index contributed by atoms with van der Waals surface area (Å²) in [5.74, 6) is -0.985. The molecule has 0 aliphatic carbocycles. The van der Waals surface area contributed by atoms with Crippen LogP contribution in [0.2, 0.25) is 0 Å². The van der Waals surface area contributed by atoms with Crippen LogP contribution in [0, 0.1) is 5.41 Å². The molecule has 6 heteroatoms. The number of carbonyl (C=O) groups excluding carboxylic acids is 1. The zero-order valence-electron chi connectivity index (χ0n) is 10.6. The van der Waals surface area contributed by atoms with Gasteiger partial charge in [0.15, 0.2) is 0 Å². The van der Waals surface area contributed by atoms with Crippen LogP contribution in [0.5, 0.6) is 0 Å². The number of hydrogen-bond acceptors (Lipinski definition) is 3. The molecule has 1 fully saturated rings. The summed E-state index contributed by atoms with van der Waals surface area (Å²) in [6.07, 6.45) is 3.72. The number of carbonyl (C=O) groups is 2. The van der Waals surface area contributed by atoms with Crippen LogP contribution in [0.1, 0.15) is 30.6 Å². The summed E-state index contributed by atoms with van der Waals surface area (Å²) in [4.78, 5) is 24.9. The molecule has 1 saturated heterocycles. The fourth-order valence-corrected chi connectivity index (χ4v) is 2.14. The summed E-state index contributed by atoms with van der Waals surface area (Å²) in [6, 6.07) is 0. The maximum atomic E-state index is 12.2. The van der Waals surface area contributed by atoms with Crippen LogP contribution in [0.3, 0.4) is 0 Å². The number of aryl methyl sites for hydroxylation is 1. The molecule has 1 aromatic heterocycles. The molecule has 0 bridgehead atoms. The highest BCUT2D eigenvalue weighted by molar-refractivity contribution is 5.94. The lowest BCUT2D eigenvalue weighted by Gasteiger charge is -2.19. The molecule has 18 heavy (non-hydrogen) atoms. The maximum absolute atomic E-state index is 12.2. The Bertz CT molecular complexity index is 483. The van der Waals surface area contributed by atoms with Crippen LogP contribution in [-0.4, -0.2) is 44.8 Å². The lowest BCUT2D eigenvalue weighted by Crippen LogP contribution is -2.34. The lowest BCUT2D eigenvalue weighted by atomic mass is 9.90. The van der Waals surface area contributed by atoms with Gasteiger partial charge in [-0.05, 0) is 20.3 Å². The van der Waals surface area contributed by atoms with Crippen molar-refractivity contribution >= 4 is 11.9 Å². The fourth-order valence-electron chi connectivity index (χ4n) is 2.14. The summed E-state index contributed by atoms with van der Waals surface area (Å²) in [7, 11) is 0. The molecule has 1 aliphatic heterocycles. The zero-order chi connectivity index (χ0) is 13.3. The number of nitrogens with zero attached hydrogens (tertiary/aromatic N) is 3. The number of rotatable bonds is 3. The molecule has 2 heterocycles. The average Bonchev–Trinajstić information content (AvgIpc) is 2.95. The normalized spacial score (nSPS) is 23.3. The van der Waals surface area contributed by atoms with E-state index in [9.17, 15) is 9.59 Å². The molecule has 0 spiro atoms. The van der Waals surface area contributed by atoms with Crippen LogP contribution in [0.4, 0.5) is 0 Å². The number of hydrogen-bond donors (Lipinski definition) is 1. The number of aromatic nitrogens is 2. The largest absolute Gasteiger partial charge is 0.481 e.